The average Bonchev–Trinajstić information content (AvgIpc) is 2.26. The Kier molecular flexibility index (Phi) is 3.43. The van der Waals surface area contributed by atoms with Gasteiger partial charge in [-0.3, -0.25) is 14.9 Å². The van der Waals surface area contributed by atoms with Crippen LogP contribution in [0, 0.1) is 21.4 Å². The number of ether oxygens (including phenoxy) is 1. The zero-order chi connectivity index (χ0) is 12.3. The van der Waals surface area contributed by atoms with Gasteiger partial charge in [0.25, 0.3) is 10.9 Å². The number of carbonyl (C=O) groups is 1. The lowest BCUT2D eigenvalue weighted by Crippen LogP contribution is -2.01. The van der Waals surface area contributed by atoms with Gasteiger partial charge in [0.05, 0.1) is 17.6 Å². The molecule has 1 aromatic rings. The van der Waals surface area contributed by atoms with Crippen LogP contribution in [0.5, 0.6) is 5.75 Å². The summed E-state index contributed by atoms with van der Waals surface area (Å²) in [5.41, 5.74) is -0.827. The second-order valence-corrected chi connectivity index (χ2v) is 3.03. The highest BCUT2D eigenvalue weighted by molar-refractivity contribution is 6.68. The average molecular weight is 241 g/mol. The SMILES string of the molecule is COc1c(C(=O)Cl)ccc([N+](=O)[O-])c1C#N. The van der Waals surface area contributed by atoms with Crippen molar-refractivity contribution in [2.24, 2.45) is 0 Å². The van der Waals surface area contributed by atoms with Gasteiger partial charge in [-0.25, -0.2) is 0 Å². The predicted molar refractivity (Wildman–Crippen MR) is 54.5 cm³/mol. The van der Waals surface area contributed by atoms with Crippen molar-refractivity contribution in [3.63, 3.8) is 0 Å². The van der Waals surface area contributed by atoms with Gasteiger partial charge in [-0.15, -0.1) is 0 Å². The largest absolute Gasteiger partial charge is 0.494 e. The maximum atomic E-state index is 11.0. The van der Waals surface area contributed by atoms with Crippen LogP contribution in [0.25, 0.3) is 0 Å². The molecular formula is C9H5ClN2O4. The Hall–Kier alpha value is -2.13. The van der Waals surface area contributed by atoms with Gasteiger partial charge in [0, 0.05) is 6.07 Å². The molecule has 0 N–H and O–H groups in total. The highest BCUT2D eigenvalue weighted by Gasteiger charge is 2.23. The highest BCUT2D eigenvalue weighted by atomic mass is 35.5. The molecule has 0 amide bonds. The van der Waals surface area contributed by atoms with Crippen LogP contribution in [0.15, 0.2) is 12.1 Å². The number of nitrogens with zero attached hydrogens (tertiary/aromatic N) is 2. The molecule has 6 nitrogen and oxygen atoms in total. The fourth-order valence-electron chi connectivity index (χ4n) is 1.20. The zero-order valence-electron chi connectivity index (χ0n) is 8.06. The van der Waals surface area contributed by atoms with Crippen LogP contribution in [-0.4, -0.2) is 17.3 Å². The first-order valence-corrected chi connectivity index (χ1v) is 4.36. The van der Waals surface area contributed by atoms with Crippen LogP contribution in [0.4, 0.5) is 5.69 Å². The lowest BCUT2D eigenvalue weighted by atomic mass is 10.1. The van der Waals surface area contributed by atoms with Crippen molar-refractivity contribution in [1.82, 2.24) is 0 Å². The van der Waals surface area contributed by atoms with Gasteiger partial charge in [-0.1, -0.05) is 0 Å². The molecule has 16 heavy (non-hydrogen) atoms. The van der Waals surface area contributed by atoms with E-state index in [1.165, 1.54) is 7.11 Å². The number of methoxy groups -OCH3 is 1. The Labute approximate surface area is 95.2 Å². The van der Waals surface area contributed by atoms with Crippen molar-refractivity contribution < 1.29 is 14.5 Å². The molecule has 0 spiro atoms. The first-order chi connectivity index (χ1) is 7.52. The summed E-state index contributed by atoms with van der Waals surface area (Å²) in [5, 5.41) is 18.6. The molecule has 0 aliphatic heterocycles. The third-order valence-electron chi connectivity index (χ3n) is 1.86. The van der Waals surface area contributed by atoms with E-state index >= 15 is 0 Å². The Bertz CT molecular complexity index is 507. The fraction of sp³-hybridized carbons (Fsp3) is 0.111. The normalized spacial score (nSPS) is 9.31. The first kappa shape index (κ1) is 11.9. The molecule has 82 valence electrons. The fourth-order valence-corrected chi connectivity index (χ4v) is 1.35. The van der Waals surface area contributed by atoms with Gasteiger partial charge in [-0.2, -0.15) is 5.26 Å². The molecule has 0 saturated heterocycles. The summed E-state index contributed by atoms with van der Waals surface area (Å²) in [4.78, 5) is 20.9. The van der Waals surface area contributed by atoms with E-state index in [4.69, 9.17) is 21.6 Å². The quantitative estimate of drug-likeness (QED) is 0.457. The molecule has 0 aliphatic carbocycles. The van der Waals surface area contributed by atoms with Crippen molar-refractivity contribution in [1.29, 1.82) is 5.26 Å². The number of carbonyl (C=O) groups excluding carboxylic acids is 1. The van der Waals surface area contributed by atoms with E-state index in [0.29, 0.717) is 0 Å². The molecule has 1 rings (SSSR count). The Morgan fingerprint density at radius 3 is 2.62 bits per heavy atom. The van der Waals surface area contributed by atoms with E-state index < -0.39 is 15.9 Å². The topological polar surface area (TPSA) is 93.2 Å². The van der Waals surface area contributed by atoms with Gasteiger partial charge in [0.1, 0.15) is 6.07 Å². The minimum Gasteiger partial charge on any atom is -0.494 e. The van der Waals surface area contributed by atoms with Crippen molar-refractivity contribution in [2.75, 3.05) is 7.11 Å². The molecule has 0 saturated carbocycles. The molecule has 0 bridgehead atoms. The second kappa shape index (κ2) is 4.59. The monoisotopic (exact) mass is 240 g/mol. The van der Waals surface area contributed by atoms with Crippen LogP contribution < -0.4 is 4.74 Å². The second-order valence-electron chi connectivity index (χ2n) is 2.68. The summed E-state index contributed by atoms with van der Waals surface area (Å²) in [6.07, 6.45) is 0. The first-order valence-electron chi connectivity index (χ1n) is 3.98. The zero-order valence-corrected chi connectivity index (χ0v) is 8.82. The van der Waals surface area contributed by atoms with Gasteiger partial charge in [0.2, 0.25) is 0 Å². The molecule has 0 fully saturated rings. The molecule has 0 heterocycles. The highest BCUT2D eigenvalue weighted by Crippen LogP contribution is 2.32. The summed E-state index contributed by atoms with van der Waals surface area (Å²) in [5.74, 6) is -0.184. The van der Waals surface area contributed by atoms with Gasteiger partial charge >= 0.3 is 0 Å². The van der Waals surface area contributed by atoms with E-state index in [1.807, 2.05) is 0 Å². The van der Waals surface area contributed by atoms with E-state index in [-0.39, 0.29) is 16.9 Å². The van der Waals surface area contributed by atoms with Crippen LogP contribution >= 0.6 is 11.6 Å². The van der Waals surface area contributed by atoms with E-state index in [2.05, 4.69) is 0 Å². The lowest BCUT2D eigenvalue weighted by molar-refractivity contribution is -0.385. The van der Waals surface area contributed by atoms with Crippen LogP contribution in [0.2, 0.25) is 0 Å². The minimum absolute atomic E-state index is 0.0775. The molecule has 0 radical (unpaired) electrons. The molecular weight excluding hydrogens is 236 g/mol. The smallest absolute Gasteiger partial charge is 0.290 e. The molecule has 1 aromatic carbocycles. The maximum Gasteiger partial charge on any atom is 0.290 e. The Balaban J connectivity index is 3.60. The van der Waals surface area contributed by atoms with Gasteiger partial charge in [0.15, 0.2) is 11.3 Å². The molecule has 0 aliphatic rings. The van der Waals surface area contributed by atoms with Crippen molar-refractivity contribution in [3.05, 3.63) is 33.4 Å². The van der Waals surface area contributed by atoms with E-state index in [0.717, 1.165) is 12.1 Å². The number of halogens is 1. The summed E-state index contributed by atoms with van der Waals surface area (Å²) in [7, 11) is 1.20. The van der Waals surface area contributed by atoms with Crippen LogP contribution in [0.1, 0.15) is 15.9 Å². The van der Waals surface area contributed by atoms with Crippen molar-refractivity contribution in [2.45, 2.75) is 0 Å². The maximum absolute atomic E-state index is 11.0. The standard InChI is InChI=1S/C9H5ClN2O4/c1-16-8-5(9(10)13)2-3-7(12(14)15)6(8)4-11/h2-3H,1H3. The van der Waals surface area contributed by atoms with Gasteiger partial charge in [-0.05, 0) is 17.7 Å². The van der Waals surface area contributed by atoms with Crippen molar-refractivity contribution >= 4 is 22.5 Å². The molecule has 0 aromatic heterocycles. The molecule has 7 heteroatoms. The van der Waals surface area contributed by atoms with E-state index in [1.54, 1.807) is 6.07 Å². The molecule has 0 atom stereocenters. The summed E-state index contributed by atoms with van der Waals surface area (Å²) in [6.45, 7) is 0. The van der Waals surface area contributed by atoms with Crippen LogP contribution in [0.3, 0.4) is 0 Å². The molecule has 0 unspecified atom stereocenters. The number of nitro benzene ring substituents is 1. The number of nitro groups is 1. The summed E-state index contributed by atoms with van der Waals surface area (Å²) < 4.78 is 4.79. The van der Waals surface area contributed by atoms with Crippen LogP contribution in [-0.2, 0) is 0 Å². The number of hydrogen-bond donors (Lipinski definition) is 0. The summed E-state index contributed by atoms with van der Waals surface area (Å²) >= 11 is 5.25. The number of benzene rings is 1. The minimum atomic E-state index is -0.844. The predicted octanol–water partition coefficient (Wildman–Crippen LogP) is 1.85. The number of rotatable bonds is 3. The van der Waals surface area contributed by atoms with Crippen molar-refractivity contribution in [3.8, 4) is 11.8 Å². The third-order valence-corrected chi connectivity index (χ3v) is 2.06. The third kappa shape index (κ3) is 1.94. The number of nitriles is 1. The van der Waals surface area contributed by atoms with E-state index in [9.17, 15) is 14.9 Å². The lowest BCUT2D eigenvalue weighted by Gasteiger charge is -2.06. The number of hydrogen-bond acceptors (Lipinski definition) is 5. The summed E-state index contributed by atoms with van der Waals surface area (Å²) in [6, 6.07) is 3.80. The van der Waals surface area contributed by atoms with Gasteiger partial charge < -0.3 is 4.74 Å². The Morgan fingerprint density at radius 1 is 1.62 bits per heavy atom. The Morgan fingerprint density at radius 2 is 2.25 bits per heavy atom.